The van der Waals surface area contributed by atoms with Crippen LogP contribution in [0.15, 0.2) is 57.6 Å². The smallest absolute Gasteiger partial charge is 0.257 e. The quantitative estimate of drug-likeness (QED) is 0.293. The second-order valence-electron chi connectivity index (χ2n) is 10.2. The fourth-order valence-corrected chi connectivity index (χ4v) is 5.98. The van der Waals surface area contributed by atoms with E-state index in [9.17, 15) is 19.1 Å². The number of carbonyl (C=O) groups is 1. The van der Waals surface area contributed by atoms with E-state index < -0.39 is 11.5 Å². The number of rotatable bonds is 6. The van der Waals surface area contributed by atoms with Crippen LogP contribution in [0, 0.1) is 11.2 Å². The second-order valence-corrected chi connectivity index (χ2v) is 11.1. The molecule has 38 heavy (non-hydrogen) atoms. The molecule has 5 rings (SSSR count). The molecule has 0 saturated heterocycles. The van der Waals surface area contributed by atoms with E-state index in [0.29, 0.717) is 46.2 Å². The molecule has 2 heterocycles. The lowest BCUT2D eigenvalue weighted by Crippen LogP contribution is -2.37. The number of aromatic amines is 1. The molecule has 3 N–H and O–H groups in total. The number of thioether (sulfide) groups is 1. The molecule has 198 valence electrons. The zero-order valence-electron chi connectivity index (χ0n) is 21.5. The molecule has 0 spiro atoms. The van der Waals surface area contributed by atoms with Crippen LogP contribution in [0.5, 0.6) is 17.2 Å². The van der Waals surface area contributed by atoms with Gasteiger partial charge < -0.3 is 24.9 Å². The number of hydrogen-bond donors (Lipinski definition) is 3. The number of nitrogens with zero attached hydrogens (tertiary/aromatic N) is 1. The van der Waals surface area contributed by atoms with Crippen molar-refractivity contribution in [3.05, 3.63) is 80.5 Å². The van der Waals surface area contributed by atoms with Crippen LogP contribution in [-0.2, 0) is 10.5 Å². The molecule has 2 aliphatic rings. The first-order valence-electron chi connectivity index (χ1n) is 12.1. The van der Waals surface area contributed by atoms with Crippen molar-refractivity contribution in [2.75, 3.05) is 19.5 Å². The van der Waals surface area contributed by atoms with Crippen molar-refractivity contribution in [2.45, 2.75) is 43.5 Å². The predicted molar refractivity (Wildman–Crippen MR) is 143 cm³/mol. The van der Waals surface area contributed by atoms with Crippen molar-refractivity contribution in [3.8, 4) is 17.2 Å². The zero-order valence-corrected chi connectivity index (χ0v) is 22.3. The van der Waals surface area contributed by atoms with Crippen LogP contribution < -0.4 is 20.3 Å². The van der Waals surface area contributed by atoms with Gasteiger partial charge in [0, 0.05) is 29.4 Å². The van der Waals surface area contributed by atoms with Crippen molar-refractivity contribution >= 4 is 23.4 Å². The van der Waals surface area contributed by atoms with Crippen molar-refractivity contribution in [3.63, 3.8) is 0 Å². The summed E-state index contributed by atoms with van der Waals surface area (Å²) >= 11 is 1.21. The first kappa shape index (κ1) is 25.8. The van der Waals surface area contributed by atoms with Gasteiger partial charge in [-0.25, -0.2) is 9.37 Å². The number of H-pyrrole nitrogens is 1. The highest BCUT2D eigenvalue weighted by Crippen LogP contribution is 2.50. The maximum atomic E-state index is 14.1. The van der Waals surface area contributed by atoms with Gasteiger partial charge >= 0.3 is 0 Å². The molecular formula is C28H28FN3O5S. The number of nitrogens with one attached hydrogen (secondary N) is 2. The van der Waals surface area contributed by atoms with E-state index in [1.807, 2.05) is 13.8 Å². The number of Topliss-reactive ketones (excluding diaryl/α,β-unsaturated/α-hetero) is 1. The number of phenolic OH excluding ortho intramolecular Hbond substituents is 1. The summed E-state index contributed by atoms with van der Waals surface area (Å²) in [6.07, 6.45) is 0.913. The first-order chi connectivity index (χ1) is 18.1. The van der Waals surface area contributed by atoms with Crippen LogP contribution >= 0.6 is 11.8 Å². The van der Waals surface area contributed by atoms with Crippen LogP contribution in [0.3, 0.4) is 0 Å². The topological polar surface area (TPSA) is 114 Å². The highest BCUT2D eigenvalue weighted by Gasteiger charge is 2.43. The third kappa shape index (κ3) is 4.64. The molecule has 0 unspecified atom stereocenters. The molecule has 0 bridgehead atoms. The Morgan fingerprint density at radius 2 is 1.82 bits per heavy atom. The van der Waals surface area contributed by atoms with Crippen LogP contribution in [0.25, 0.3) is 0 Å². The molecule has 1 atom stereocenters. The van der Waals surface area contributed by atoms with Crippen molar-refractivity contribution in [1.29, 1.82) is 0 Å². The van der Waals surface area contributed by atoms with Crippen LogP contribution in [0.2, 0.25) is 0 Å². The summed E-state index contributed by atoms with van der Waals surface area (Å²) in [6.45, 7) is 4.04. The number of allylic oxidation sites excluding steroid dienone is 2. The lowest BCUT2D eigenvalue weighted by Gasteiger charge is -2.38. The number of hydrogen-bond acceptors (Lipinski definition) is 8. The number of fused-ring (bicyclic) bond motifs is 1. The summed E-state index contributed by atoms with van der Waals surface area (Å²) in [4.78, 5) is 34.5. The van der Waals surface area contributed by atoms with Gasteiger partial charge in [-0.3, -0.25) is 9.59 Å². The molecule has 0 saturated carbocycles. The van der Waals surface area contributed by atoms with E-state index in [1.165, 1.54) is 32.0 Å². The number of aromatic hydroxyl groups is 1. The standard InChI is InChI=1S/C28H28FN3O5S/c1-28(2)11-17-22(18(33)12-28)21(15-9-19(36-3)24(34)20(10-15)37-4)23-25(30-17)31-27(32-26(23)35)38-13-14-7-5-6-8-16(14)29/h5-10,21,34H,11-13H2,1-4H3,(H2,30,31,32,35)/t21-/m0/s1. The number of benzene rings is 2. The van der Waals surface area contributed by atoms with Gasteiger partial charge in [-0.1, -0.05) is 43.8 Å². The number of methoxy groups -OCH3 is 2. The van der Waals surface area contributed by atoms with Gasteiger partial charge in [0.2, 0.25) is 5.75 Å². The van der Waals surface area contributed by atoms with Crippen LogP contribution in [-0.4, -0.2) is 35.1 Å². The molecule has 10 heteroatoms. The predicted octanol–water partition coefficient (Wildman–Crippen LogP) is 5.12. The number of halogens is 1. The minimum absolute atomic E-state index is 0.0668. The number of anilines is 1. The fourth-order valence-electron chi connectivity index (χ4n) is 5.14. The third-order valence-electron chi connectivity index (χ3n) is 6.86. The zero-order chi connectivity index (χ0) is 27.2. The lowest BCUT2D eigenvalue weighted by molar-refractivity contribution is -0.118. The molecule has 1 aliphatic heterocycles. The maximum Gasteiger partial charge on any atom is 0.257 e. The highest BCUT2D eigenvalue weighted by molar-refractivity contribution is 7.98. The minimum atomic E-state index is -0.755. The molecule has 2 aromatic carbocycles. The van der Waals surface area contributed by atoms with E-state index in [2.05, 4.69) is 15.3 Å². The van der Waals surface area contributed by atoms with Gasteiger partial charge in [0.15, 0.2) is 22.4 Å². The second kappa shape index (κ2) is 9.83. The summed E-state index contributed by atoms with van der Waals surface area (Å²) in [7, 11) is 2.84. The number of ketones is 1. The Bertz CT molecular complexity index is 1510. The summed E-state index contributed by atoms with van der Waals surface area (Å²) in [5.74, 6) is -0.387. The number of ether oxygens (including phenoxy) is 2. The van der Waals surface area contributed by atoms with E-state index in [-0.39, 0.29) is 45.6 Å². The molecule has 0 amide bonds. The SMILES string of the molecule is COc1cc([C@H]2C3=C(CC(C)(C)CC3=O)Nc3nc(SCc4ccccc4F)[nH]c(=O)c32)cc(OC)c1O. The summed E-state index contributed by atoms with van der Waals surface area (Å²) in [5.41, 5.74) is 1.83. The molecule has 1 aromatic heterocycles. The Hall–Kier alpha value is -3.79. The largest absolute Gasteiger partial charge is 0.502 e. The van der Waals surface area contributed by atoms with E-state index >= 15 is 0 Å². The van der Waals surface area contributed by atoms with E-state index in [1.54, 1.807) is 30.3 Å². The number of aromatic nitrogens is 2. The van der Waals surface area contributed by atoms with Gasteiger partial charge in [0.25, 0.3) is 5.56 Å². The number of phenols is 1. The number of carbonyl (C=O) groups excluding carboxylic acids is 1. The van der Waals surface area contributed by atoms with Crippen molar-refractivity contribution in [1.82, 2.24) is 9.97 Å². The summed E-state index contributed by atoms with van der Waals surface area (Å²) < 4.78 is 24.8. The first-order valence-corrected chi connectivity index (χ1v) is 13.1. The normalized spacial score (nSPS) is 17.9. The molecule has 3 aromatic rings. The Morgan fingerprint density at radius 3 is 2.47 bits per heavy atom. The Morgan fingerprint density at radius 1 is 1.13 bits per heavy atom. The molecule has 0 fully saturated rings. The minimum Gasteiger partial charge on any atom is -0.502 e. The average molecular weight is 538 g/mol. The van der Waals surface area contributed by atoms with Gasteiger partial charge in [0.05, 0.1) is 19.8 Å². The summed E-state index contributed by atoms with van der Waals surface area (Å²) in [5, 5.41) is 14.1. The van der Waals surface area contributed by atoms with Gasteiger partial charge in [0.1, 0.15) is 11.6 Å². The Balaban J connectivity index is 1.65. The third-order valence-corrected chi connectivity index (χ3v) is 7.78. The Labute approximate surface area is 223 Å². The summed E-state index contributed by atoms with van der Waals surface area (Å²) in [6, 6.07) is 9.67. The Kier molecular flexibility index (Phi) is 6.68. The van der Waals surface area contributed by atoms with E-state index in [0.717, 1.165) is 0 Å². The molecule has 0 radical (unpaired) electrons. The molecule has 1 aliphatic carbocycles. The van der Waals surface area contributed by atoms with Gasteiger partial charge in [-0.15, -0.1) is 0 Å². The molecule has 8 nitrogen and oxygen atoms in total. The van der Waals surface area contributed by atoms with Gasteiger partial charge in [-0.05, 0) is 41.2 Å². The van der Waals surface area contributed by atoms with E-state index in [4.69, 9.17) is 9.47 Å². The van der Waals surface area contributed by atoms with Crippen LogP contribution in [0.1, 0.15) is 49.3 Å². The fraction of sp³-hybridized carbons (Fsp3) is 0.321. The lowest BCUT2D eigenvalue weighted by atomic mass is 9.69. The average Bonchev–Trinajstić information content (AvgIpc) is 2.86. The van der Waals surface area contributed by atoms with Crippen molar-refractivity contribution < 1.29 is 23.8 Å². The molecular weight excluding hydrogens is 509 g/mol. The van der Waals surface area contributed by atoms with Crippen LogP contribution in [0.4, 0.5) is 10.2 Å². The van der Waals surface area contributed by atoms with Crippen molar-refractivity contribution in [2.24, 2.45) is 5.41 Å². The monoisotopic (exact) mass is 537 g/mol. The van der Waals surface area contributed by atoms with Gasteiger partial charge in [-0.2, -0.15) is 0 Å². The maximum absolute atomic E-state index is 14.1. The highest BCUT2D eigenvalue weighted by atomic mass is 32.2.